The Hall–Kier alpha value is -3.13. The van der Waals surface area contributed by atoms with E-state index in [2.05, 4.69) is 10.1 Å². The van der Waals surface area contributed by atoms with Crippen LogP contribution in [0.25, 0.3) is 0 Å². The SMILES string of the molecule is COC(=N)c1cccc(C(C)C(O)(Cn2cncn2)c2ccc(F)cc2F)c1. The van der Waals surface area contributed by atoms with Gasteiger partial charge in [-0.05, 0) is 23.8 Å². The van der Waals surface area contributed by atoms with Gasteiger partial charge in [-0.15, -0.1) is 0 Å². The molecule has 3 rings (SSSR count). The molecule has 146 valence electrons. The molecular weight excluding hydrogens is 366 g/mol. The van der Waals surface area contributed by atoms with Gasteiger partial charge in [0.15, 0.2) is 0 Å². The largest absolute Gasteiger partial charge is 0.481 e. The van der Waals surface area contributed by atoms with Crippen LogP contribution in [0.5, 0.6) is 0 Å². The molecule has 0 aliphatic rings. The van der Waals surface area contributed by atoms with Crippen LogP contribution in [0.1, 0.15) is 29.5 Å². The number of nitrogens with one attached hydrogen (secondary N) is 1. The summed E-state index contributed by atoms with van der Waals surface area (Å²) in [5.74, 6) is -2.23. The van der Waals surface area contributed by atoms with Crippen LogP contribution in [-0.4, -0.2) is 32.9 Å². The molecule has 0 saturated heterocycles. The molecule has 2 atom stereocenters. The zero-order valence-electron chi connectivity index (χ0n) is 15.4. The molecule has 2 unspecified atom stereocenters. The Labute approximate surface area is 160 Å². The minimum atomic E-state index is -1.75. The van der Waals surface area contributed by atoms with Crippen molar-refractivity contribution in [3.63, 3.8) is 0 Å². The Morgan fingerprint density at radius 3 is 2.71 bits per heavy atom. The fraction of sp³-hybridized carbons (Fsp3) is 0.250. The number of hydrogen-bond acceptors (Lipinski definition) is 5. The van der Waals surface area contributed by atoms with Crippen molar-refractivity contribution in [1.82, 2.24) is 14.8 Å². The summed E-state index contributed by atoms with van der Waals surface area (Å²) in [4.78, 5) is 3.86. The van der Waals surface area contributed by atoms with Crippen LogP contribution < -0.4 is 0 Å². The highest BCUT2D eigenvalue weighted by atomic mass is 19.1. The second-order valence-electron chi connectivity index (χ2n) is 6.52. The lowest BCUT2D eigenvalue weighted by molar-refractivity contribution is -0.0112. The Bertz CT molecular complexity index is 978. The monoisotopic (exact) mass is 386 g/mol. The van der Waals surface area contributed by atoms with Gasteiger partial charge < -0.3 is 9.84 Å². The maximum atomic E-state index is 14.6. The van der Waals surface area contributed by atoms with E-state index in [9.17, 15) is 13.9 Å². The summed E-state index contributed by atoms with van der Waals surface area (Å²) in [5, 5.41) is 23.4. The molecule has 0 saturated carbocycles. The average Bonchev–Trinajstić information content (AvgIpc) is 3.19. The Morgan fingerprint density at radius 2 is 2.07 bits per heavy atom. The first kappa shape index (κ1) is 19.6. The van der Waals surface area contributed by atoms with Crippen LogP contribution in [0.4, 0.5) is 8.78 Å². The number of rotatable bonds is 6. The molecule has 3 aromatic rings. The van der Waals surface area contributed by atoms with Crippen molar-refractivity contribution >= 4 is 5.90 Å². The number of nitrogens with zero attached hydrogens (tertiary/aromatic N) is 3. The molecule has 0 fully saturated rings. The Balaban J connectivity index is 2.09. The molecule has 0 radical (unpaired) electrons. The molecule has 0 aliphatic carbocycles. The normalized spacial score (nSPS) is 14.3. The van der Waals surface area contributed by atoms with Gasteiger partial charge in [-0.1, -0.05) is 25.1 Å². The predicted molar refractivity (Wildman–Crippen MR) is 99.0 cm³/mol. The van der Waals surface area contributed by atoms with E-state index in [4.69, 9.17) is 10.1 Å². The third-order valence-electron chi connectivity index (χ3n) is 4.84. The number of halogens is 2. The third kappa shape index (κ3) is 3.77. The van der Waals surface area contributed by atoms with Gasteiger partial charge in [-0.2, -0.15) is 5.10 Å². The average molecular weight is 386 g/mol. The number of aliphatic hydroxyl groups is 1. The number of ether oxygens (including phenoxy) is 1. The lowest BCUT2D eigenvalue weighted by Gasteiger charge is -2.35. The summed E-state index contributed by atoms with van der Waals surface area (Å²) >= 11 is 0. The first-order valence-electron chi connectivity index (χ1n) is 8.58. The van der Waals surface area contributed by atoms with Crippen LogP contribution >= 0.6 is 0 Å². The summed E-state index contributed by atoms with van der Waals surface area (Å²) in [5.41, 5.74) is -0.622. The van der Waals surface area contributed by atoms with E-state index in [1.54, 1.807) is 31.2 Å². The van der Waals surface area contributed by atoms with Crippen molar-refractivity contribution in [2.45, 2.75) is 25.0 Å². The van der Waals surface area contributed by atoms with Gasteiger partial charge in [0, 0.05) is 23.1 Å². The van der Waals surface area contributed by atoms with Crippen molar-refractivity contribution in [2.75, 3.05) is 7.11 Å². The molecule has 8 heteroatoms. The number of methoxy groups -OCH3 is 1. The highest BCUT2D eigenvalue weighted by molar-refractivity contribution is 5.91. The Morgan fingerprint density at radius 1 is 1.29 bits per heavy atom. The maximum Gasteiger partial charge on any atom is 0.212 e. The second kappa shape index (κ2) is 7.85. The van der Waals surface area contributed by atoms with E-state index in [0.717, 1.165) is 12.1 Å². The van der Waals surface area contributed by atoms with E-state index in [1.807, 2.05) is 0 Å². The van der Waals surface area contributed by atoms with Gasteiger partial charge in [-0.25, -0.2) is 18.4 Å². The summed E-state index contributed by atoms with van der Waals surface area (Å²) in [7, 11) is 1.40. The van der Waals surface area contributed by atoms with Gasteiger partial charge in [0.05, 0.1) is 13.7 Å². The first-order chi connectivity index (χ1) is 13.3. The van der Waals surface area contributed by atoms with Gasteiger partial charge >= 0.3 is 0 Å². The minimum absolute atomic E-state index is 0.0261. The topological polar surface area (TPSA) is 84.0 Å². The lowest BCUT2D eigenvalue weighted by atomic mass is 9.77. The standard InChI is InChI=1S/C20H20F2N4O2/c1-13(14-4-3-5-15(8-14)19(23)28-2)20(27,10-26-12-24-11-25-26)17-7-6-16(21)9-18(17)22/h3-9,11-13,23,27H,10H2,1-2H3. The van der Waals surface area contributed by atoms with Crippen LogP contribution in [0.2, 0.25) is 0 Å². The molecule has 2 aromatic carbocycles. The van der Waals surface area contributed by atoms with Crippen LogP contribution in [0.15, 0.2) is 55.1 Å². The highest BCUT2D eigenvalue weighted by Gasteiger charge is 2.40. The van der Waals surface area contributed by atoms with E-state index in [1.165, 1.54) is 30.5 Å². The molecule has 0 bridgehead atoms. The molecule has 2 N–H and O–H groups in total. The fourth-order valence-electron chi connectivity index (χ4n) is 3.20. The van der Waals surface area contributed by atoms with Gasteiger partial charge in [-0.3, -0.25) is 5.41 Å². The lowest BCUT2D eigenvalue weighted by Crippen LogP contribution is -2.38. The van der Waals surface area contributed by atoms with Gasteiger partial charge in [0.25, 0.3) is 0 Å². The van der Waals surface area contributed by atoms with E-state index < -0.39 is 23.2 Å². The number of benzene rings is 2. The molecule has 28 heavy (non-hydrogen) atoms. The smallest absolute Gasteiger partial charge is 0.212 e. The fourth-order valence-corrected chi connectivity index (χ4v) is 3.20. The van der Waals surface area contributed by atoms with E-state index >= 15 is 0 Å². The minimum Gasteiger partial charge on any atom is -0.481 e. The van der Waals surface area contributed by atoms with Crippen molar-refractivity contribution in [3.8, 4) is 0 Å². The van der Waals surface area contributed by atoms with Crippen molar-refractivity contribution < 1.29 is 18.6 Å². The van der Waals surface area contributed by atoms with Gasteiger partial charge in [0.1, 0.15) is 29.9 Å². The molecule has 0 spiro atoms. The molecule has 0 amide bonds. The highest BCUT2D eigenvalue weighted by Crippen LogP contribution is 2.39. The molecule has 6 nitrogen and oxygen atoms in total. The van der Waals surface area contributed by atoms with Crippen molar-refractivity contribution in [1.29, 1.82) is 5.41 Å². The molecule has 1 heterocycles. The maximum absolute atomic E-state index is 14.6. The zero-order chi connectivity index (χ0) is 20.3. The first-order valence-corrected chi connectivity index (χ1v) is 8.58. The van der Waals surface area contributed by atoms with Crippen molar-refractivity contribution in [2.24, 2.45) is 0 Å². The van der Waals surface area contributed by atoms with Crippen LogP contribution in [-0.2, 0) is 16.9 Å². The number of hydrogen-bond donors (Lipinski definition) is 2. The van der Waals surface area contributed by atoms with E-state index in [0.29, 0.717) is 11.1 Å². The molecule has 1 aromatic heterocycles. The summed E-state index contributed by atoms with van der Waals surface area (Å²) < 4.78 is 34.4. The predicted octanol–water partition coefficient (Wildman–Crippen LogP) is 3.22. The van der Waals surface area contributed by atoms with Gasteiger partial charge in [0.2, 0.25) is 5.90 Å². The summed E-state index contributed by atoms with van der Waals surface area (Å²) in [6.07, 6.45) is 2.72. The number of aromatic nitrogens is 3. The summed E-state index contributed by atoms with van der Waals surface area (Å²) in [6.45, 7) is 1.64. The molecular formula is C20H20F2N4O2. The Kier molecular flexibility index (Phi) is 5.51. The van der Waals surface area contributed by atoms with Crippen LogP contribution in [0.3, 0.4) is 0 Å². The summed E-state index contributed by atoms with van der Waals surface area (Å²) in [6, 6.07) is 9.98. The van der Waals surface area contributed by atoms with E-state index in [-0.39, 0.29) is 18.0 Å². The molecule has 0 aliphatic heterocycles. The second-order valence-corrected chi connectivity index (χ2v) is 6.52. The third-order valence-corrected chi connectivity index (χ3v) is 4.84. The quantitative estimate of drug-likeness (QED) is 0.503. The van der Waals surface area contributed by atoms with Crippen LogP contribution in [0, 0.1) is 17.0 Å². The van der Waals surface area contributed by atoms with Crippen molar-refractivity contribution in [3.05, 3.63) is 83.4 Å². The zero-order valence-corrected chi connectivity index (χ0v) is 15.4.